The van der Waals surface area contributed by atoms with Crippen LogP contribution in [0.1, 0.15) is 5.69 Å². The number of anilines is 2. The minimum absolute atomic E-state index is 0.638. The lowest BCUT2D eigenvalue weighted by atomic mass is 10.2. The number of ether oxygens (including phenoxy) is 1. The first kappa shape index (κ1) is 13.7. The fourth-order valence-electron chi connectivity index (χ4n) is 1.74. The number of nitrogens with two attached hydrogens (primary N) is 1. The van der Waals surface area contributed by atoms with Crippen molar-refractivity contribution < 1.29 is 4.74 Å². The van der Waals surface area contributed by atoms with Crippen LogP contribution < -0.4 is 21.1 Å². The third kappa shape index (κ3) is 3.00. The molecule has 20 heavy (non-hydrogen) atoms. The molecule has 0 aliphatic rings. The Kier molecular flexibility index (Phi) is 4.10. The minimum atomic E-state index is 0.638. The molecule has 1 aromatic heterocycles. The monoisotopic (exact) mass is 270 g/mol. The van der Waals surface area contributed by atoms with Crippen molar-refractivity contribution in [3.63, 3.8) is 0 Å². The molecule has 0 aliphatic heterocycles. The molecule has 4 N–H and O–H groups in total. The molecule has 0 unspecified atom stereocenters. The van der Waals surface area contributed by atoms with Crippen molar-refractivity contribution >= 4 is 17.1 Å². The van der Waals surface area contributed by atoms with Crippen molar-refractivity contribution in [1.29, 1.82) is 0 Å². The Bertz CT molecular complexity index is 625. The molecule has 0 saturated carbocycles. The van der Waals surface area contributed by atoms with E-state index < -0.39 is 0 Å². The Morgan fingerprint density at radius 2 is 1.95 bits per heavy atom. The van der Waals surface area contributed by atoms with Gasteiger partial charge in [0, 0.05) is 32.4 Å². The van der Waals surface area contributed by atoms with Crippen LogP contribution in [0.15, 0.2) is 43.1 Å². The van der Waals surface area contributed by atoms with Gasteiger partial charge >= 0.3 is 0 Å². The summed E-state index contributed by atoms with van der Waals surface area (Å²) in [5.41, 5.74) is 8.89. The molecule has 104 valence electrons. The highest BCUT2D eigenvalue weighted by molar-refractivity contribution is 5.68. The summed E-state index contributed by atoms with van der Waals surface area (Å²) in [6.45, 7) is 3.87. The van der Waals surface area contributed by atoms with Gasteiger partial charge in [-0.25, -0.2) is 0 Å². The normalized spacial score (nSPS) is 9.90. The fourth-order valence-corrected chi connectivity index (χ4v) is 1.74. The number of hydrogen-bond acceptors (Lipinski definition) is 5. The first-order chi connectivity index (χ1) is 9.63. The van der Waals surface area contributed by atoms with E-state index in [-0.39, 0.29) is 0 Å². The van der Waals surface area contributed by atoms with Crippen LogP contribution >= 0.6 is 0 Å². The predicted octanol–water partition coefficient (Wildman–Crippen LogP) is 2.69. The maximum Gasteiger partial charge on any atom is 0.131 e. The molecule has 0 atom stereocenters. The summed E-state index contributed by atoms with van der Waals surface area (Å²) >= 11 is 0. The Balaban J connectivity index is 2.21. The summed E-state index contributed by atoms with van der Waals surface area (Å²) < 4.78 is 5.78. The maximum atomic E-state index is 5.91. The van der Waals surface area contributed by atoms with Crippen LogP contribution in [0.3, 0.4) is 0 Å². The topological polar surface area (TPSA) is 72.2 Å². The minimum Gasteiger partial charge on any atom is -0.457 e. The number of aromatic nitrogens is 1. The van der Waals surface area contributed by atoms with E-state index in [2.05, 4.69) is 22.2 Å². The highest BCUT2D eigenvalue weighted by Crippen LogP contribution is 2.28. The zero-order chi connectivity index (χ0) is 14.5. The van der Waals surface area contributed by atoms with Gasteiger partial charge < -0.3 is 21.1 Å². The molecule has 0 radical (unpaired) electrons. The second-order valence-electron chi connectivity index (χ2n) is 4.21. The second kappa shape index (κ2) is 5.97. The summed E-state index contributed by atoms with van der Waals surface area (Å²) in [4.78, 5) is 4.22. The SMILES string of the molecule is C=C(NC)c1cc(Oc2ccc(NC)c(N)c2)ccn1. The van der Waals surface area contributed by atoms with Gasteiger partial charge in [0.1, 0.15) is 11.5 Å². The van der Waals surface area contributed by atoms with Gasteiger partial charge in [-0.15, -0.1) is 0 Å². The van der Waals surface area contributed by atoms with Gasteiger partial charge in [0.05, 0.1) is 22.8 Å². The molecule has 2 rings (SSSR count). The van der Waals surface area contributed by atoms with Gasteiger partial charge in [0.25, 0.3) is 0 Å². The van der Waals surface area contributed by atoms with Crippen LogP contribution in [0.2, 0.25) is 0 Å². The zero-order valence-corrected chi connectivity index (χ0v) is 11.6. The molecular weight excluding hydrogens is 252 g/mol. The number of rotatable bonds is 5. The fraction of sp³-hybridized carbons (Fsp3) is 0.133. The van der Waals surface area contributed by atoms with Crippen LogP contribution in [-0.2, 0) is 0 Å². The Morgan fingerprint density at radius 1 is 1.20 bits per heavy atom. The van der Waals surface area contributed by atoms with Gasteiger partial charge in [0.15, 0.2) is 0 Å². The number of nitrogens with one attached hydrogen (secondary N) is 2. The second-order valence-corrected chi connectivity index (χ2v) is 4.21. The summed E-state index contributed by atoms with van der Waals surface area (Å²) in [7, 11) is 3.62. The van der Waals surface area contributed by atoms with Crippen LogP contribution in [0, 0.1) is 0 Å². The lowest BCUT2D eigenvalue weighted by Crippen LogP contribution is -2.04. The molecule has 5 nitrogen and oxygen atoms in total. The van der Waals surface area contributed by atoms with Crippen LogP contribution in [0.5, 0.6) is 11.5 Å². The first-order valence-corrected chi connectivity index (χ1v) is 6.22. The van der Waals surface area contributed by atoms with Crippen molar-refractivity contribution in [3.8, 4) is 11.5 Å². The molecule has 1 aromatic carbocycles. The van der Waals surface area contributed by atoms with Gasteiger partial charge in [-0.2, -0.15) is 0 Å². The van der Waals surface area contributed by atoms with E-state index in [1.54, 1.807) is 25.4 Å². The average Bonchev–Trinajstić information content (AvgIpc) is 2.47. The first-order valence-electron chi connectivity index (χ1n) is 6.22. The van der Waals surface area contributed by atoms with Gasteiger partial charge in [-0.3, -0.25) is 4.98 Å². The summed E-state index contributed by atoms with van der Waals surface area (Å²) in [5, 5.41) is 5.96. The van der Waals surface area contributed by atoms with Crippen molar-refractivity contribution in [3.05, 3.63) is 48.8 Å². The van der Waals surface area contributed by atoms with E-state index in [1.165, 1.54) is 0 Å². The van der Waals surface area contributed by atoms with E-state index >= 15 is 0 Å². The standard InChI is InChI=1S/C15H18N4O/c1-10(17-2)15-9-12(6-7-19-15)20-11-4-5-14(18-3)13(16)8-11/h4-9,17-18H,1,16H2,2-3H3. The van der Waals surface area contributed by atoms with Crippen molar-refractivity contribution in [2.45, 2.75) is 0 Å². The van der Waals surface area contributed by atoms with Gasteiger partial charge in [-0.1, -0.05) is 6.58 Å². The Labute approximate surface area is 118 Å². The summed E-state index contributed by atoms with van der Waals surface area (Å²) in [6.07, 6.45) is 1.68. The third-order valence-corrected chi connectivity index (χ3v) is 2.87. The Hall–Kier alpha value is -2.69. The van der Waals surface area contributed by atoms with E-state index in [0.29, 0.717) is 17.2 Å². The maximum absolute atomic E-state index is 5.91. The van der Waals surface area contributed by atoms with E-state index in [9.17, 15) is 0 Å². The predicted molar refractivity (Wildman–Crippen MR) is 82.8 cm³/mol. The smallest absolute Gasteiger partial charge is 0.131 e. The molecule has 0 bridgehead atoms. The number of hydrogen-bond donors (Lipinski definition) is 3. The highest BCUT2D eigenvalue weighted by atomic mass is 16.5. The molecule has 2 aromatic rings. The summed E-state index contributed by atoms with van der Waals surface area (Å²) in [6, 6.07) is 9.11. The van der Waals surface area contributed by atoms with Crippen LogP contribution in [-0.4, -0.2) is 19.1 Å². The number of benzene rings is 1. The van der Waals surface area contributed by atoms with E-state index in [0.717, 1.165) is 17.1 Å². The molecule has 0 amide bonds. The van der Waals surface area contributed by atoms with E-state index in [4.69, 9.17) is 10.5 Å². The molecule has 1 heterocycles. The van der Waals surface area contributed by atoms with Gasteiger partial charge in [-0.05, 0) is 18.2 Å². The van der Waals surface area contributed by atoms with Crippen molar-refractivity contribution in [1.82, 2.24) is 10.3 Å². The molecular formula is C15H18N4O. The molecule has 0 saturated heterocycles. The quantitative estimate of drug-likeness (QED) is 0.729. The van der Waals surface area contributed by atoms with Crippen LogP contribution in [0.4, 0.5) is 11.4 Å². The lowest BCUT2D eigenvalue weighted by molar-refractivity contribution is 0.482. The summed E-state index contributed by atoms with van der Waals surface area (Å²) in [5.74, 6) is 1.36. The third-order valence-electron chi connectivity index (χ3n) is 2.87. The molecule has 0 aliphatic carbocycles. The lowest BCUT2D eigenvalue weighted by Gasteiger charge is -2.10. The van der Waals surface area contributed by atoms with Crippen molar-refractivity contribution in [2.24, 2.45) is 0 Å². The number of pyridine rings is 1. The highest BCUT2D eigenvalue weighted by Gasteiger charge is 2.04. The molecule has 0 spiro atoms. The Morgan fingerprint density at radius 3 is 2.60 bits per heavy atom. The number of nitrogens with zero attached hydrogens (tertiary/aromatic N) is 1. The largest absolute Gasteiger partial charge is 0.457 e. The van der Waals surface area contributed by atoms with Crippen LogP contribution in [0.25, 0.3) is 5.70 Å². The average molecular weight is 270 g/mol. The van der Waals surface area contributed by atoms with Crippen molar-refractivity contribution in [2.75, 3.05) is 25.1 Å². The van der Waals surface area contributed by atoms with E-state index in [1.807, 2.05) is 25.2 Å². The van der Waals surface area contributed by atoms with Gasteiger partial charge in [0.2, 0.25) is 0 Å². The molecule has 0 fully saturated rings. The molecule has 5 heteroatoms. The zero-order valence-electron chi connectivity index (χ0n) is 11.6. The number of nitrogen functional groups attached to an aromatic ring is 1.